The van der Waals surface area contributed by atoms with Crippen LogP contribution in [-0.4, -0.2) is 11.5 Å². The molecule has 2 rings (SSSR count). The molecule has 0 aliphatic carbocycles. The van der Waals surface area contributed by atoms with Crippen LogP contribution in [0.25, 0.3) is 0 Å². The van der Waals surface area contributed by atoms with Gasteiger partial charge in [0.25, 0.3) is 0 Å². The van der Waals surface area contributed by atoms with Gasteiger partial charge in [0, 0.05) is 12.0 Å². The molecule has 0 unspecified atom stereocenters. The SMILES string of the molecule is CC(C)(CNc1cccc(F)n1)c1cccc(F)c1. The molecule has 0 amide bonds. The van der Waals surface area contributed by atoms with Crippen molar-refractivity contribution < 1.29 is 8.78 Å². The molecule has 100 valence electrons. The Morgan fingerprint density at radius 1 is 1.11 bits per heavy atom. The average molecular weight is 262 g/mol. The van der Waals surface area contributed by atoms with E-state index in [2.05, 4.69) is 10.3 Å². The summed E-state index contributed by atoms with van der Waals surface area (Å²) in [6, 6.07) is 11.1. The lowest BCUT2D eigenvalue weighted by molar-refractivity contribution is 0.543. The highest BCUT2D eigenvalue weighted by atomic mass is 19.1. The van der Waals surface area contributed by atoms with Gasteiger partial charge in [0.2, 0.25) is 5.95 Å². The summed E-state index contributed by atoms with van der Waals surface area (Å²) in [4.78, 5) is 3.74. The number of hydrogen-bond acceptors (Lipinski definition) is 2. The number of rotatable bonds is 4. The van der Waals surface area contributed by atoms with Gasteiger partial charge in [-0.25, -0.2) is 9.37 Å². The summed E-state index contributed by atoms with van der Waals surface area (Å²) in [6.07, 6.45) is 0. The van der Waals surface area contributed by atoms with Crippen LogP contribution in [0.3, 0.4) is 0 Å². The molecule has 1 aromatic carbocycles. The molecule has 0 aliphatic rings. The van der Waals surface area contributed by atoms with Crippen LogP contribution >= 0.6 is 0 Å². The van der Waals surface area contributed by atoms with Crippen molar-refractivity contribution >= 4 is 5.82 Å². The van der Waals surface area contributed by atoms with E-state index in [1.807, 2.05) is 19.9 Å². The molecule has 19 heavy (non-hydrogen) atoms. The molecule has 1 heterocycles. The molecule has 2 aromatic rings. The van der Waals surface area contributed by atoms with Gasteiger partial charge in [-0.2, -0.15) is 4.39 Å². The van der Waals surface area contributed by atoms with Gasteiger partial charge in [-0.3, -0.25) is 0 Å². The lowest BCUT2D eigenvalue weighted by atomic mass is 9.84. The highest BCUT2D eigenvalue weighted by Crippen LogP contribution is 2.24. The van der Waals surface area contributed by atoms with E-state index in [0.29, 0.717) is 12.4 Å². The maximum absolute atomic E-state index is 13.2. The molecule has 0 bridgehead atoms. The molecule has 0 fully saturated rings. The van der Waals surface area contributed by atoms with E-state index < -0.39 is 5.95 Å². The van der Waals surface area contributed by atoms with Crippen molar-refractivity contribution in [2.75, 3.05) is 11.9 Å². The van der Waals surface area contributed by atoms with Gasteiger partial charge < -0.3 is 5.32 Å². The summed E-state index contributed by atoms with van der Waals surface area (Å²) in [7, 11) is 0. The Bertz CT molecular complexity index is 568. The maximum atomic E-state index is 13.2. The molecular formula is C15H16F2N2. The van der Waals surface area contributed by atoms with Gasteiger partial charge in [-0.05, 0) is 29.8 Å². The second kappa shape index (κ2) is 5.34. The Kier molecular flexibility index (Phi) is 3.79. The fraction of sp³-hybridized carbons (Fsp3) is 0.267. The van der Waals surface area contributed by atoms with Crippen molar-refractivity contribution in [3.05, 3.63) is 59.8 Å². The van der Waals surface area contributed by atoms with Crippen molar-refractivity contribution in [2.45, 2.75) is 19.3 Å². The summed E-state index contributed by atoms with van der Waals surface area (Å²) < 4.78 is 26.2. The third-order valence-corrected chi connectivity index (χ3v) is 3.03. The number of benzene rings is 1. The van der Waals surface area contributed by atoms with Crippen molar-refractivity contribution in [1.29, 1.82) is 0 Å². The Morgan fingerprint density at radius 3 is 2.53 bits per heavy atom. The van der Waals surface area contributed by atoms with E-state index >= 15 is 0 Å². The molecule has 1 aromatic heterocycles. The first kappa shape index (κ1) is 13.5. The summed E-state index contributed by atoms with van der Waals surface area (Å²) >= 11 is 0. The molecule has 0 spiro atoms. The van der Waals surface area contributed by atoms with Crippen LogP contribution in [0.1, 0.15) is 19.4 Å². The highest BCUT2D eigenvalue weighted by molar-refractivity contribution is 5.36. The summed E-state index contributed by atoms with van der Waals surface area (Å²) in [5.41, 5.74) is 0.604. The lowest BCUT2D eigenvalue weighted by Gasteiger charge is -2.26. The molecular weight excluding hydrogens is 246 g/mol. The lowest BCUT2D eigenvalue weighted by Crippen LogP contribution is -2.28. The van der Waals surface area contributed by atoms with Crippen LogP contribution in [0, 0.1) is 11.8 Å². The summed E-state index contributed by atoms with van der Waals surface area (Å²) in [5, 5.41) is 3.07. The largest absolute Gasteiger partial charge is 0.369 e. The smallest absolute Gasteiger partial charge is 0.214 e. The van der Waals surface area contributed by atoms with Crippen molar-refractivity contribution in [1.82, 2.24) is 4.98 Å². The van der Waals surface area contributed by atoms with Crippen LogP contribution in [0.2, 0.25) is 0 Å². The van der Waals surface area contributed by atoms with Crippen LogP contribution in [0.5, 0.6) is 0 Å². The number of aromatic nitrogens is 1. The third kappa shape index (κ3) is 3.50. The Balaban J connectivity index is 2.09. The van der Waals surface area contributed by atoms with E-state index in [1.54, 1.807) is 18.2 Å². The maximum Gasteiger partial charge on any atom is 0.214 e. The van der Waals surface area contributed by atoms with Crippen molar-refractivity contribution in [3.63, 3.8) is 0 Å². The van der Waals surface area contributed by atoms with Crippen LogP contribution in [0.15, 0.2) is 42.5 Å². The first-order chi connectivity index (χ1) is 8.97. The zero-order chi connectivity index (χ0) is 13.9. The Morgan fingerprint density at radius 2 is 1.84 bits per heavy atom. The van der Waals surface area contributed by atoms with Gasteiger partial charge in [0.05, 0.1) is 0 Å². The Labute approximate surface area is 111 Å². The topological polar surface area (TPSA) is 24.9 Å². The number of nitrogens with one attached hydrogen (secondary N) is 1. The van der Waals surface area contributed by atoms with Crippen molar-refractivity contribution in [2.24, 2.45) is 0 Å². The van der Waals surface area contributed by atoms with Gasteiger partial charge in [0.1, 0.15) is 11.6 Å². The van der Waals surface area contributed by atoms with Gasteiger partial charge >= 0.3 is 0 Å². The van der Waals surface area contributed by atoms with Gasteiger partial charge in [-0.15, -0.1) is 0 Å². The normalized spacial score (nSPS) is 11.4. The van der Waals surface area contributed by atoms with Crippen LogP contribution < -0.4 is 5.32 Å². The number of nitrogens with zero attached hydrogens (tertiary/aromatic N) is 1. The zero-order valence-electron chi connectivity index (χ0n) is 11.0. The van der Waals surface area contributed by atoms with Crippen LogP contribution in [0.4, 0.5) is 14.6 Å². The molecule has 0 saturated carbocycles. The molecule has 1 N–H and O–H groups in total. The standard InChI is InChI=1S/C15H16F2N2/c1-15(2,11-5-3-6-12(16)9-11)10-18-14-8-4-7-13(17)19-14/h3-9H,10H2,1-2H3,(H,18,19). The molecule has 0 radical (unpaired) electrons. The number of halogens is 2. The minimum atomic E-state index is -0.520. The molecule has 0 aliphatic heterocycles. The monoisotopic (exact) mass is 262 g/mol. The second-order valence-corrected chi connectivity index (χ2v) is 5.09. The first-order valence-corrected chi connectivity index (χ1v) is 6.10. The first-order valence-electron chi connectivity index (χ1n) is 6.10. The third-order valence-electron chi connectivity index (χ3n) is 3.03. The van der Waals surface area contributed by atoms with Gasteiger partial charge in [0.15, 0.2) is 0 Å². The van der Waals surface area contributed by atoms with E-state index in [0.717, 1.165) is 5.56 Å². The molecule has 2 nitrogen and oxygen atoms in total. The fourth-order valence-electron chi connectivity index (χ4n) is 1.83. The molecule has 4 heteroatoms. The Hall–Kier alpha value is -1.97. The zero-order valence-corrected chi connectivity index (χ0v) is 11.0. The number of anilines is 1. The van der Waals surface area contributed by atoms with E-state index in [4.69, 9.17) is 0 Å². The van der Waals surface area contributed by atoms with Crippen molar-refractivity contribution in [3.8, 4) is 0 Å². The average Bonchev–Trinajstić information content (AvgIpc) is 2.37. The number of pyridine rings is 1. The fourth-order valence-corrected chi connectivity index (χ4v) is 1.83. The minimum Gasteiger partial charge on any atom is -0.369 e. The second-order valence-electron chi connectivity index (χ2n) is 5.09. The summed E-state index contributed by atoms with van der Waals surface area (Å²) in [6.45, 7) is 4.52. The highest BCUT2D eigenvalue weighted by Gasteiger charge is 2.21. The van der Waals surface area contributed by atoms with E-state index in [-0.39, 0.29) is 11.2 Å². The number of hydrogen-bond donors (Lipinski definition) is 1. The molecule has 0 atom stereocenters. The quantitative estimate of drug-likeness (QED) is 0.849. The van der Waals surface area contributed by atoms with Gasteiger partial charge in [-0.1, -0.05) is 32.0 Å². The van der Waals surface area contributed by atoms with E-state index in [9.17, 15) is 8.78 Å². The van der Waals surface area contributed by atoms with E-state index in [1.165, 1.54) is 18.2 Å². The molecule has 0 saturated heterocycles. The summed E-state index contributed by atoms with van der Waals surface area (Å²) in [5.74, 6) is -0.299. The predicted octanol–water partition coefficient (Wildman–Crippen LogP) is 3.75. The van der Waals surface area contributed by atoms with Crippen LogP contribution in [-0.2, 0) is 5.41 Å². The minimum absolute atomic E-state index is 0.255. The predicted molar refractivity (Wildman–Crippen MR) is 72.1 cm³/mol.